The lowest BCUT2D eigenvalue weighted by Crippen LogP contribution is -2.31. The maximum atomic E-state index is 11.7. The number of nitrogens with one attached hydrogen (secondary N) is 1. The Morgan fingerprint density at radius 3 is 3.00 bits per heavy atom. The van der Waals surface area contributed by atoms with Crippen molar-refractivity contribution in [3.05, 3.63) is 35.4 Å². The van der Waals surface area contributed by atoms with Gasteiger partial charge in [0.15, 0.2) is 0 Å². The van der Waals surface area contributed by atoms with Crippen LogP contribution in [0.5, 0.6) is 0 Å². The number of hydrogen-bond acceptors (Lipinski definition) is 1. The molecule has 1 aliphatic rings. The molecule has 0 saturated carbocycles. The van der Waals surface area contributed by atoms with Crippen LogP contribution in [0.2, 0.25) is 0 Å². The molecule has 0 unspecified atom stereocenters. The average Bonchev–Trinajstić information content (AvgIpc) is 2.21. The van der Waals surface area contributed by atoms with Crippen molar-refractivity contribution < 1.29 is 4.79 Å². The van der Waals surface area contributed by atoms with Crippen LogP contribution < -0.4 is 5.32 Å². The Bertz CT molecular complexity index is 346. The van der Waals surface area contributed by atoms with E-state index in [4.69, 9.17) is 0 Å². The van der Waals surface area contributed by atoms with E-state index in [0.717, 1.165) is 24.9 Å². The lowest BCUT2D eigenvalue weighted by atomic mass is 9.95. The smallest absolute Gasteiger partial charge is 0.251 e. The van der Waals surface area contributed by atoms with E-state index in [1.54, 1.807) is 0 Å². The molecular weight excluding hydrogens is 174 g/mol. The maximum absolute atomic E-state index is 11.7. The van der Waals surface area contributed by atoms with E-state index in [1.807, 2.05) is 24.3 Å². The average molecular weight is 189 g/mol. The predicted molar refractivity (Wildman–Crippen MR) is 56.3 cm³/mol. The van der Waals surface area contributed by atoms with Gasteiger partial charge in [-0.2, -0.15) is 0 Å². The number of hydrogen-bond donors (Lipinski definition) is 1. The highest BCUT2D eigenvalue weighted by Crippen LogP contribution is 2.16. The first-order chi connectivity index (χ1) is 6.77. The second-order valence-electron chi connectivity index (χ2n) is 4.01. The van der Waals surface area contributed by atoms with Gasteiger partial charge in [-0.1, -0.05) is 25.1 Å². The molecule has 0 bridgehead atoms. The summed E-state index contributed by atoms with van der Waals surface area (Å²) in [7, 11) is 0. The third kappa shape index (κ3) is 1.79. The van der Waals surface area contributed by atoms with Crippen LogP contribution in [0.4, 0.5) is 0 Å². The maximum Gasteiger partial charge on any atom is 0.251 e. The van der Waals surface area contributed by atoms with Crippen LogP contribution in [-0.2, 0) is 6.42 Å². The number of aryl methyl sites for hydroxylation is 1. The molecule has 0 aliphatic carbocycles. The van der Waals surface area contributed by atoms with Crippen molar-refractivity contribution in [3.63, 3.8) is 0 Å². The summed E-state index contributed by atoms with van der Waals surface area (Å²) >= 11 is 0. The van der Waals surface area contributed by atoms with Crippen molar-refractivity contribution in [2.24, 2.45) is 5.92 Å². The van der Waals surface area contributed by atoms with Crippen LogP contribution in [-0.4, -0.2) is 12.5 Å². The summed E-state index contributed by atoms with van der Waals surface area (Å²) in [6.45, 7) is 2.97. The van der Waals surface area contributed by atoms with Gasteiger partial charge >= 0.3 is 0 Å². The van der Waals surface area contributed by atoms with Crippen LogP contribution in [0.3, 0.4) is 0 Å². The largest absolute Gasteiger partial charge is 0.352 e. The van der Waals surface area contributed by atoms with Crippen molar-refractivity contribution in [2.45, 2.75) is 19.8 Å². The van der Waals surface area contributed by atoms with E-state index >= 15 is 0 Å². The Balaban J connectivity index is 2.33. The quantitative estimate of drug-likeness (QED) is 0.664. The van der Waals surface area contributed by atoms with E-state index in [2.05, 4.69) is 12.2 Å². The van der Waals surface area contributed by atoms with Gasteiger partial charge in [-0.15, -0.1) is 0 Å². The van der Waals surface area contributed by atoms with Crippen molar-refractivity contribution in [2.75, 3.05) is 6.54 Å². The molecule has 14 heavy (non-hydrogen) atoms. The molecule has 0 spiro atoms. The molecule has 2 rings (SSSR count). The summed E-state index contributed by atoms with van der Waals surface area (Å²) in [5, 5.41) is 2.95. The number of benzene rings is 1. The van der Waals surface area contributed by atoms with Crippen molar-refractivity contribution in [1.29, 1.82) is 0 Å². The summed E-state index contributed by atoms with van der Waals surface area (Å²) < 4.78 is 0. The monoisotopic (exact) mass is 189 g/mol. The Morgan fingerprint density at radius 1 is 1.36 bits per heavy atom. The minimum absolute atomic E-state index is 0.0761. The van der Waals surface area contributed by atoms with Gasteiger partial charge in [0.05, 0.1) is 0 Å². The molecule has 2 nitrogen and oxygen atoms in total. The van der Waals surface area contributed by atoms with Gasteiger partial charge in [0.2, 0.25) is 0 Å². The molecule has 1 heterocycles. The molecule has 0 fully saturated rings. The molecule has 1 amide bonds. The normalized spacial score (nSPS) is 21.8. The summed E-state index contributed by atoms with van der Waals surface area (Å²) in [6, 6.07) is 7.87. The first kappa shape index (κ1) is 9.25. The van der Waals surface area contributed by atoms with Crippen molar-refractivity contribution >= 4 is 5.91 Å². The standard InChI is InChI=1S/C12H15NO/c1-9-6-7-10-4-2-3-5-11(10)12(14)13-8-9/h2-5,9H,6-8H2,1H3,(H,13,14)/t9-/m0/s1. The number of carbonyl (C=O) groups excluding carboxylic acids is 1. The third-order valence-corrected chi connectivity index (χ3v) is 2.78. The van der Waals surface area contributed by atoms with E-state index in [0.29, 0.717) is 5.92 Å². The van der Waals surface area contributed by atoms with Gasteiger partial charge in [-0.05, 0) is 30.4 Å². The molecule has 0 radical (unpaired) electrons. The zero-order valence-corrected chi connectivity index (χ0v) is 8.42. The van der Waals surface area contributed by atoms with Gasteiger partial charge in [-0.25, -0.2) is 0 Å². The fraction of sp³-hybridized carbons (Fsp3) is 0.417. The second kappa shape index (κ2) is 3.82. The molecule has 1 aromatic rings. The Morgan fingerprint density at radius 2 is 2.14 bits per heavy atom. The topological polar surface area (TPSA) is 29.1 Å². The summed E-state index contributed by atoms with van der Waals surface area (Å²) in [5.41, 5.74) is 2.02. The highest BCUT2D eigenvalue weighted by atomic mass is 16.1. The molecular formula is C12H15NO. The number of fused-ring (bicyclic) bond motifs is 1. The lowest BCUT2D eigenvalue weighted by Gasteiger charge is -2.18. The lowest BCUT2D eigenvalue weighted by molar-refractivity contribution is 0.0943. The van der Waals surface area contributed by atoms with Crippen LogP contribution in [0, 0.1) is 5.92 Å². The zero-order chi connectivity index (χ0) is 9.97. The zero-order valence-electron chi connectivity index (χ0n) is 8.42. The minimum atomic E-state index is 0.0761. The highest BCUT2D eigenvalue weighted by molar-refractivity contribution is 5.95. The van der Waals surface area contributed by atoms with E-state index in [1.165, 1.54) is 5.56 Å². The molecule has 1 atom stereocenters. The van der Waals surface area contributed by atoms with Crippen molar-refractivity contribution in [1.82, 2.24) is 5.32 Å². The Kier molecular flexibility index (Phi) is 2.53. The van der Waals surface area contributed by atoms with Gasteiger partial charge < -0.3 is 5.32 Å². The molecule has 1 N–H and O–H groups in total. The molecule has 1 aromatic carbocycles. The van der Waals surface area contributed by atoms with E-state index in [9.17, 15) is 4.79 Å². The molecule has 2 heteroatoms. The van der Waals surface area contributed by atoms with Gasteiger partial charge in [0.25, 0.3) is 5.91 Å². The molecule has 74 valence electrons. The summed E-state index contributed by atoms with van der Waals surface area (Å²) in [6.07, 6.45) is 2.17. The van der Waals surface area contributed by atoms with E-state index < -0.39 is 0 Å². The number of amides is 1. The van der Waals surface area contributed by atoms with Crippen LogP contribution >= 0.6 is 0 Å². The molecule has 0 aromatic heterocycles. The Hall–Kier alpha value is -1.31. The minimum Gasteiger partial charge on any atom is -0.352 e. The number of carbonyl (C=O) groups is 1. The first-order valence-electron chi connectivity index (χ1n) is 5.13. The van der Waals surface area contributed by atoms with Gasteiger partial charge in [0.1, 0.15) is 0 Å². The fourth-order valence-electron chi connectivity index (χ4n) is 1.83. The predicted octanol–water partition coefficient (Wildman–Crippen LogP) is 2.00. The third-order valence-electron chi connectivity index (χ3n) is 2.78. The van der Waals surface area contributed by atoms with Gasteiger partial charge in [-0.3, -0.25) is 4.79 Å². The Labute approximate surface area is 84.3 Å². The highest BCUT2D eigenvalue weighted by Gasteiger charge is 2.15. The number of rotatable bonds is 0. The molecule has 0 saturated heterocycles. The molecule has 1 aliphatic heterocycles. The fourth-order valence-corrected chi connectivity index (χ4v) is 1.83. The SMILES string of the molecule is C[C@H]1CCc2ccccc2C(=O)NC1. The van der Waals surface area contributed by atoms with Gasteiger partial charge in [0, 0.05) is 12.1 Å². The van der Waals surface area contributed by atoms with E-state index in [-0.39, 0.29) is 5.91 Å². The van der Waals surface area contributed by atoms with Crippen LogP contribution in [0.15, 0.2) is 24.3 Å². The van der Waals surface area contributed by atoms with Crippen LogP contribution in [0.25, 0.3) is 0 Å². The van der Waals surface area contributed by atoms with Crippen molar-refractivity contribution in [3.8, 4) is 0 Å². The second-order valence-corrected chi connectivity index (χ2v) is 4.01. The first-order valence-corrected chi connectivity index (χ1v) is 5.13. The summed E-state index contributed by atoms with van der Waals surface area (Å²) in [5.74, 6) is 0.652. The summed E-state index contributed by atoms with van der Waals surface area (Å²) in [4.78, 5) is 11.7. The van der Waals surface area contributed by atoms with Crippen LogP contribution in [0.1, 0.15) is 29.3 Å².